The van der Waals surface area contributed by atoms with E-state index in [9.17, 15) is 18.0 Å². The summed E-state index contributed by atoms with van der Waals surface area (Å²) < 4.78 is 27.9. The predicted molar refractivity (Wildman–Crippen MR) is 131 cm³/mol. The highest BCUT2D eigenvalue weighted by atomic mass is 32.2. The molecule has 8 nitrogen and oxygen atoms in total. The van der Waals surface area contributed by atoms with Gasteiger partial charge in [-0.2, -0.15) is 0 Å². The van der Waals surface area contributed by atoms with Crippen molar-refractivity contribution in [3.05, 3.63) is 100 Å². The zero-order chi connectivity index (χ0) is 24.3. The van der Waals surface area contributed by atoms with Crippen molar-refractivity contribution in [1.29, 1.82) is 0 Å². The number of nitrogens with one attached hydrogen (secondary N) is 2. The number of aromatic amines is 1. The maximum absolute atomic E-state index is 13.4. The molecule has 0 aliphatic carbocycles. The number of hydrogen-bond acceptors (Lipinski definition) is 5. The van der Waals surface area contributed by atoms with Crippen molar-refractivity contribution < 1.29 is 13.2 Å². The number of carbonyl (C=O) groups excluding carboxylic acids is 1. The van der Waals surface area contributed by atoms with Crippen LogP contribution in [0.5, 0.6) is 0 Å². The summed E-state index contributed by atoms with van der Waals surface area (Å²) in [6.45, 7) is 2.11. The number of sulfonamides is 1. The van der Waals surface area contributed by atoms with Crippen molar-refractivity contribution in [3.8, 4) is 0 Å². The van der Waals surface area contributed by atoms with Crippen LogP contribution < -0.4 is 15.1 Å². The number of benzene rings is 2. The Hall–Kier alpha value is -3.98. The van der Waals surface area contributed by atoms with Crippen molar-refractivity contribution in [2.75, 3.05) is 11.4 Å². The molecule has 4 rings (SSSR count). The molecule has 0 aliphatic heterocycles. The standard InChI is InChI=1S/C25H24N4O4S/c1-3-17-8-4-5-10-23(17)29(2)34(32,33)19-11-12-22-20(14-19)24(30)21(16-27-22)25(31)28-15-18-9-6-7-13-26-18/h4-14,16H,3,15H2,1-2H3,(H,27,30)(H,28,31). The number of anilines is 1. The number of amides is 1. The van der Waals surface area contributed by atoms with Crippen LogP contribution >= 0.6 is 0 Å². The number of aryl methyl sites for hydroxylation is 1. The molecular formula is C25H24N4O4S. The van der Waals surface area contributed by atoms with Crippen LogP contribution in [0.1, 0.15) is 28.5 Å². The number of hydrogen-bond donors (Lipinski definition) is 2. The van der Waals surface area contributed by atoms with Gasteiger partial charge in [-0.15, -0.1) is 0 Å². The lowest BCUT2D eigenvalue weighted by atomic mass is 10.1. The zero-order valence-electron chi connectivity index (χ0n) is 18.8. The molecule has 2 aromatic carbocycles. The van der Waals surface area contributed by atoms with Crippen LogP contribution in [0.4, 0.5) is 5.69 Å². The molecule has 2 aromatic heterocycles. The minimum absolute atomic E-state index is 0.0371. The lowest BCUT2D eigenvalue weighted by molar-refractivity contribution is 0.0949. The summed E-state index contributed by atoms with van der Waals surface area (Å²) in [6.07, 6.45) is 3.61. The molecule has 9 heteroatoms. The highest BCUT2D eigenvalue weighted by Gasteiger charge is 2.24. The number of para-hydroxylation sites is 1. The van der Waals surface area contributed by atoms with Gasteiger partial charge in [-0.1, -0.05) is 31.2 Å². The van der Waals surface area contributed by atoms with E-state index in [1.165, 1.54) is 35.7 Å². The maximum Gasteiger partial charge on any atom is 0.264 e. The number of pyridine rings is 2. The first-order chi connectivity index (χ1) is 16.3. The van der Waals surface area contributed by atoms with Crippen LogP contribution in [0, 0.1) is 0 Å². The molecule has 0 unspecified atom stereocenters. The average Bonchev–Trinajstić information content (AvgIpc) is 2.87. The van der Waals surface area contributed by atoms with E-state index in [-0.39, 0.29) is 22.4 Å². The number of aromatic nitrogens is 2. The second kappa shape index (κ2) is 9.48. The first kappa shape index (κ1) is 23.2. The van der Waals surface area contributed by atoms with E-state index in [1.54, 1.807) is 36.5 Å². The van der Waals surface area contributed by atoms with Gasteiger partial charge < -0.3 is 10.3 Å². The van der Waals surface area contributed by atoms with Crippen LogP contribution in [0.25, 0.3) is 10.9 Å². The lowest BCUT2D eigenvalue weighted by Gasteiger charge is -2.22. The normalized spacial score (nSPS) is 11.4. The van der Waals surface area contributed by atoms with Gasteiger partial charge in [-0.05, 0) is 48.4 Å². The van der Waals surface area contributed by atoms with E-state index in [1.807, 2.05) is 19.1 Å². The zero-order valence-corrected chi connectivity index (χ0v) is 19.6. The molecule has 0 bridgehead atoms. The van der Waals surface area contributed by atoms with Gasteiger partial charge in [-0.25, -0.2) is 8.42 Å². The second-order valence-electron chi connectivity index (χ2n) is 7.70. The van der Waals surface area contributed by atoms with Gasteiger partial charge in [0.15, 0.2) is 0 Å². The molecule has 1 amide bonds. The van der Waals surface area contributed by atoms with Crippen LogP contribution in [-0.2, 0) is 23.0 Å². The van der Waals surface area contributed by atoms with Gasteiger partial charge in [-0.3, -0.25) is 18.9 Å². The smallest absolute Gasteiger partial charge is 0.264 e. The summed E-state index contributed by atoms with van der Waals surface area (Å²) in [7, 11) is -2.45. The molecule has 0 fully saturated rings. The summed E-state index contributed by atoms with van der Waals surface area (Å²) in [6, 6.07) is 16.9. The maximum atomic E-state index is 13.4. The Morgan fingerprint density at radius 3 is 2.59 bits per heavy atom. The molecule has 4 aromatic rings. The molecule has 2 heterocycles. The van der Waals surface area contributed by atoms with Gasteiger partial charge in [0.1, 0.15) is 5.56 Å². The molecule has 2 N–H and O–H groups in total. The van der Waals surface area contributed by atoms with Crippen LogP contribution in [0.15, 0.2) is 82.7 Å². The van der Waals surface area contributed by atoms with E-state index in [4.69, 9.17) is 0 Å². The first-order valence-electron chi connectivity index (χ1n) is 10.7. The van der Waals surface area contributed by atoms with Gasteiger partial charge in [0.2, 0.25) is 5.43 Å². The first-order valence-corrected chi connectivity index (χ1v) is 12.2. The molecule has 34 heavy (non-hydrogen) atoms. The van der Waals surface area contributed by atoms with Gasteiger partial charge in [0.05, 0.1) is 22.8 Å². The average molecular weight is 477 g/mol. The molecule has 0 saturated heterocycles. The Balaban J connectivity index is 1.68. The summed E-state index contributed by atoms with van der Waals surface area (Å²) >= 11 is 0. The lowest BCUT2D eigenvalue weighted by Crippen LogP contribution is -2.29. The number of rotatable bonds is 7. The van der Waals surface area contributed by atoms with E-state index in [0.717, 1.165) is 5.56 Å². The summed E-state index contributed by atoms with van der Waals surface area (Å²) in [5, 5.41) is 2.78. The fourth-order valence-electron chi connectivity index (χ4n) is 3.70. The van der Waals surface area contributed by atoms with E-state index in [2.05, 4.69) is 15.3 Å². The van der Waals surface area contributed by atoms with Gasteiger partial charge in [0.25, 0.3) is 15.9 Å². The van der Waals surface area contributed by atoms with Crippen molar-refractivity contribution in [1.82, 2.24) is 15.3 Å². The molecule has 0 aliphatic rings. The van der Waals surface area contributed by atoms with Crippen LogP contribution in [0.3, 0.4) is 0 Å². The van der Waals surface area contributed by atoms with Crippen molar-refractivity contribution >= 4 is 32.5 Å². The van der Waals surface area contributed by atoms with Gasteiger partial charge >= 0.3 is 0 Å². The minimum Gasteiger partial charge on any atom is -0.360 e. The molecule has 174 valence electrons. The predicted octanol–water partition coefficient (Wildman–Crippen LogP) is 3.24. The third-order valence-corrected chi connectivity index (χ3v) is 7.39. The molecule has 0 atom stereocenters. The Kier molecular flexibility index (Phi) is 6.47. The van der Waals surface area contributed by atoms with Crippen LogP contribution in [0.2, 0.25) is 0 Å². The van der Waals surface area contributed by atoms with Crippen molar-refractivity contribution in [2.24, 2.45) is 0 Å². The SMILES string of the molecule is CCc1ccccc1N(C)S(=O)(=O)c1ccc2[nH]cc(C(=O)NCc3ccccn3)c(=O)c2c1. The Morgan fingerprint density at radius 1 is 1.09 bits per heavy atom. The highest BCUT2D eigenvalue weighted by Crippen LogP contribution is 2.27. The number of carbonyl (C=O) groups is 1. The fourth-order valence-corrected chi connectivity index (χ4v) is 4.96. The largest absolute Gasteiger partial charge is 0.360 e. The van der Waals surface area contributed by atoms with Crippen molar-refractivity contribution in [2.45, 2.75) is 24.8 Å². The molecule has 0 spiro atoms. The molecule has 0 saturated carbocycles. The number of H-pyrrole nitrogens is 1. The summed E-state index contributed by atoms with van der Waals surface area (Å²) in [5.41, 5.74) is 1.88. The van der Waals surface area contributed by atoms with E-state index < -0.39 is 21.4 Å². The quantitative estimate of drug-likeness (QED) is 0.425. The molecular weight excluding hydrogens is 452 g/mol. The third kappa shape index (κ3) is 4.42. The van der Waals surface area contributed by atoms with Crippen LogP contribution in [-0.4, -0.2) is 31.3 Å². The number of nitrogens with zero attached hydrogens (tertiary/aromatic N) is 2. The number of fused-ring (bicyclic) bond motifs is 1. The van der Waals surface area contributed by atoms with Crippen molar-refractivity contribution in [3.63, 3.8) is 0 Å². The molecule has 0 radical (unpaired) electrons. The highest BCUT2D eigenvalue weighted by molar-refractivity contribution is 7.92. The Labute approximate surface area is 197 Å². The van der Waals surface area contributed by atoms with E-state index in [0.29, 0.717) is 23.3 Å². The van der Waals surface area contributed by atoms with Gasteiger partial charge in [0, 0.05) is 30.3 Å². The second-order valence-corrected chi connectivity index (χ2v) is 9.67. The summed E-state index contributed by atoms with van der Waals surface area (Å²) in [5.74, 6) is -0.573. The summed E-state index contributed by atoms with van der Waals surface area (Å²) in [4.78, 5) is 32.8. The Morgan fingerprint density at radius 2 is 1.85 bits per heavy atom. The Bertz CT molecular complexity index is 1520. The van der Waals surface area contributed by atoms with E-state index >= 15 is 0 Å². The monoisotopic (exact) mass is 476 g/mol. The topological polar surface area (TPSA) is 112 Å². The minimum atomic E-state index is -3.94. The fraction of sp³-hybridized carbons (Fsp3) is 0.160. The third-order valence-electron chi connectivity index (χ3n) is 5.62.